The summed E-state index contributed by atoms with van der Waals surface area (Å²) in [5, 5.41) is 50.1. The van der Waals surface area contributed by atoms with E-state index < -0.39 is 102 Å². The summed E-state index contributed by atoms with van der Waals surface area (Å²) in [7, 11) is 1.41. The Balaban J connectivity index is 0.976. The number of fused-ring (bicyclic) bond motifs is 5. The number of carbonyl (C=O) groups excluding carboxylic acids is 8. The Morgan fingerprint density at radius 2 is 1.59 bits per heavy atom. The maximum atomic E-state index is 14.8. The maximum Gasteiger partial charge on any atom is 0.340 e. The van der Waals surface area contributed by atoms with Crippen LogP contribution in [0.15, 0.2) is 35.1 Å². The van der Waals surface area contributed by atoms with Crippen LogP contribution in [0.5, 0.6) is 0 Å². The van der Waals surface area contributed by atoms with Gasteiger partial charge in [0, 0.05) is 74.3 Å². The first-order valence-corrected chi connectivity index (χ1v) is 23.9. The molecule has 7 amide bonds. The van der Waals surface area contributed by atoms with E-state index in [1.165, 1.54) is 36.4 Å². The molecule has 0 spiro atoms. The molecule has 5 heterocycles. The highest BCUT2D eigenvalue weighted by atomic mass is 19.1. The largest absolute Gasteiger partial charge is 0.458 e. The van der Waals surface area contributed by atoms with Crippen LogP contribution >= 0.6 is 0 Å². The number of aliphatic hydroxyl groups excluding tert-OH is 4. The van der Waals surface area contributed by atoms with Gasteiger partial charge < -0.3 is 60.6 Å². The molecule has 0 saturated carbocycles. The SMILES string of the molecule is Cc1cc2c(CCCCOCNC(=O)[C@H](C)NC(=O)[C@H](C)NC(=O)[C@H](CCC(=O)N(C)C[C@H](O)CC[C@H](O)CO)NC(=O)CCN3C(=O)C=CC3=O)c3c(nc2cc1F)-c1cc2c(c(=O)n1C3)COC(=O)[C@H]2O. The van der Waals surface area contributed by atoms with Gasteiger partial charge in [-0.3, -0.25) is 43.3 Å². The van der Waals surface area contributed by atoms with Gasteiger partial charge in [-0.15, -0.1) is 0 Å². The molecule has 24 heteroatoms. The number of hydrogen-bond donors (Lipinski definition) is 8. The lowest BCUT2D eigenvalue weighted by Gasteiger charge is -2.24. The highest BCUT2D eigenvalue weighted by molar-refractivity contribution is 6.13. The molecule has 3 aromatic rings. The number of ether oxygens (including phenoxy) is 2. The number of aromatic nitrogens is 2. The van der Waals surface area contributed by atoms with E-state index in [1.54, 1.807) is 19.1 Å². The van der Waals surface area contributed by atoms with Gasteiger partial charge in [0.05, 0.1) is 47.8 Å². The minimum atomic E-state index is -1.63. The fourth-order valence-electron chi connectivity index (χ4n) is 8.60. The second-order valence-corrected chi connectivity index (χ2v) is 18.3. The van der Waals surface area contributed by atoms with Crippen molar-refractivity contribution in [3.05, 3.63) is 74.3 Å². The number of halogens is 1. The van der Waals surface area contributed by atoms with Gasteiger partial charge in [-0.2, -0.15) is 0 Å². The molecule has 2 aromatic heterocycles. The van der Waals surface area contributed by atoms with Crippen LogP contribution in [-0.4, -0.2) is 158 Å². The first-order valence-electron chi connectivity index (χ1n) is 23.9. The van der Waals surface area contributed by atoms with Gasteiger partial charge in [-0.05, 0) is 82.6 Å². The fourth-order valence-corrected chi connectivity index (χ4v) is 8.60. The number of esters is 1. The van der Waals surface area contributed by atoms with Crippen molar-refractivity contribution < 1.29 is 72.6 Å². The van der Waals surface area contributed by atoms with Crippen molar-refractivity contribution in [1.29, 1.82) is 0 Å². The zero-order chi connectivity index (χ0) is 53.3. The molecule has 6 rings (SSSR count). The van der Waals surface area contributed by atoms with Gasteiger partial charge in [0.2, 0.25) is 29.5 Å². The van der Waals surface area contributed by atoms with Gasteiger partial charge >= 0.3 is 5.97 Å². The fraction of sp³-hybridized carbons (Fsp3) is 0.510. The highest BCUT2D eigenvalue weighted by Gasteiger charge is 2.35. The Bertz CT molecular complexity index is 2730. The third-order valence-electron chi connectivity index (χ3n) is 12.9. The van der Waals surface area contributed by atoms with E-state index in [4.69, 9.17) is 19.6 Å². The normalized spacial score (nSPS) is 16.7. The van der Waals surface area contributed by atoms with Crippen molar-refractivity contribution in [2.45, 2.75) is 122 Å². The van der Waals surface area contributed by atoms with Gasteiger partial charge in [-0.1, -0.05) is 0 Å². The molecular weight excluding hydrogens is 960 g/mol. The topological polar surface area (TPSA) is 325 Å². The Hall–Kier alpha value is -6.99. The zero-order valence-electron chi connectivity index (χ0n) is 40.9. The number of aliphatic hydroxyl groups is 4. The third kappa shape index (κ3) is 13.6. The molecule has 0 fully saturated rings. The Morgan fingerprint density at radius 3 is 2.30 bits per heavy atom. The van der Waals surface area contributed by atoms with E-state index in [9.17, 15) is 62.9 Å². The van der Waals surface area contributed by atoms with E-state index in [0.29, 0.717) is 47.1 Å². The predicted octanol–water partition coefficient (Wildman–Crippen LogP) is -1.08. The molecule has 0 bridgehead atoms. The number of imide groups is 1. The summed E-state index contributed by atoms with van der Waals surface area (Å²) in [5.41, 5.74) is 3.13. The number of nitrogens with zero attached hydrogens (tertiary/aromatic N) is 4. The number of benzene rings is 1. The lowest BCUT2D eigenvalue weighted by atomic mass is 9.94. The molecule has 0 aliphatic carbocycles. The summed E-state index contributed by atoms with van der Waals surface area (Å²) >= 11 is 0. The summed E-state index contributed by atoms with van der Waals surface area (Å²) in [5.74, 6) is -6.02. The molecule has 73 heavy (non-hydrogen) atoms. The van der Waals surface area contributed by atoms with Crippen LogP contribution in [0.4, 0.5) is 4.39 Å². The Morgan fingerprint density at radius 1 is 0.904 bits per heavy atom. The van der Waals surface area contributed by atoms with Crippen LogP contribution in [0.2, 0.25) is 0 Å². The summed E-state index contributed by atoms with van der Waals surface area (Å²) in [6.45, 7) is 3.39. The molecule has 8 N–H and O–H groups in total. The summed E-state index contributed by atoms with van der Waals surface area (Å²) < 4.78 is 27.0. The van der Waals surface area contributed by atoms with Crippen molar-refractivity contribution in [3.63, 3.8) is 0 Å². The quantitative estimate of drug-likeness (QED) is 0.0169. The maximum absolute atomic E-state index is 14.8. The van der Waals surface area contributed by atoms with Crippen molar-refractivity contribution in [1.82, 2.24) is 40.6 Å². The van der Waals surface area contributed by atoms with E-state index >= 15 is 0 Å². The van der Waals surface area contributed by atoms with Crippen LogP contribution < -0.4 is 26.8 Å². The van der Waals surface area contributed by atoms with Gasteiger partial charge in [0.25, 0.3) is 17.4 Å². The first-order chi connectivity index (χ1) is 34.7. The number of unbranched alkanes of at least 4 members (excludes halogenated alkanes) is 1. The average molecular weight is 1020 g/mol. The molecule has 0 radical (unpaired) electrons. The van der Waals surface area contributed by atoms with Gasteiger partial charge in [-0.25, -0.2) is 14.2 Å². The van der Waals surface area contributed by atoms with Crippen LogP contribution in [-0.2, 0) is 67.4 Å². The number of aryl methyl sites for hydroxylation is 2. The second-order valence-electron chi connectivity index (χ2n) is 18.3. The molecule has 23 nitrogen and oxygen atoms in total. The minimum absolute atomic E-state index is 0.0928. The van der Waals surface area contributed by atoms with Crippen molar-refractivity contribution in [2.75, 3.05) is 40.1 Å². The zero-order valence-corrected chi connectivity index (χ0v) is 40.9. The Labute approximate surface area is 418 Å². The van der Waals surface area contributed by atoms with E-state index in [2.05, 4.69) is 21.3 Å². The number of pyridine rings is 2. The van der Waals surface area contributed by atoms with E-state index in [-0.39, 0.29) is 82.8 Å². The molecule has 6 atom stereocenters. The van der Waals surface area contributed by atoms with E-state index in [1.807, 2.05) is 0 Å². The van der Waals surface area contributed by atoms with Crippen LogP contribution in [0, 0.1) is 12.7 Å². The van der Waals surface area contributed by atoms with Gasteiger partial charge in [0.1, 0.15) is 37.3 Å². The average Bonchev–Trinajstić information content (AvgIpc) is 3.89. The molecule has 3 aliphatic heterocycles. The molecule has 3 aliphatic rings. The molecule has 394 valence electrons. The van der Waals surface area contributed by atoms with Crippen LogP contribution in [0.1, 0.15) is 92.7 Å². The highest BCUT2D eigenvalue weighted by Crippen LogP contribution is 2.39. The van der Waals surface area contributed by atoms with Crippen molar-refractivity contribution in [3.8, 4) is 11.4 Å². The molecular formula is C49H61FN8O15. The predicted molar refractivity (Wildman–Crippen MR) is 255 cm³/mol. The smallest absolute Gasteiger partial charge is 0.340 e. The molecule has 1 aromatic carbocycles. The van der Waals surface area contributed by atoms with E-state index in [0.717, 1.165) is 28.2 Å². The standard InChI is InChI=1S/C49H61FN8O15/c1-25-17-31-30(33-21-58-38(43(33)55-37(31)19-35(25)50)18-32-34(48(58)70)23-73-49(71)44(32)66)7-5-6-16-72-24-51-45(67)26(2)52-46(68)27(3)53-47(69)36(54-39(62)14-15-57-41(64)12-13-42(57)65)10-11-40(63)56(4)20-28(60)8-9-29(61)22-59/h12-13,17-19,26-29,36,44,59-61,66H,5-11,14-16,20-24H2,1-4H3,(H,51,67)(H,52,68)(H,53,69)(H,54,62)/t26-,27-,28+,29-,36-,44-/m0/s1. The van der Waals surface area contributed by atoms with Crippen LogP contribution in [0.25, 0.3) is 22.3 Å². The molecule has 0 saturated heterocycles. The number of cyclic esters (lactones) is 1. The van der Waals surface area contributed by atoms with Crippen molar-refractivity contribution >= 4 is 58.2 Å². The first kappa shape index (κ1) is 55.3. The van der Waals surface area contributed by atoms with Gasteiger partial charge in [0.15, 0.2) is 6.10 Å². The third-order valence-corrected chi connectivity index (χ3v) is 12.9. The Kier molecular flexibility index (Phi) is 18.7. The lowest BCUT2D eigenvalue weighted by molar-refractivity contribution is -0.157. The monoisotopic (exact) mass is 1020 g/mol. The second kappa shape index (κ2) is 24.6. The number of carbonyl (C=O) groups is 8. The summed E-state index contributed by atoms with van der Waals surface area (Å²) in [6.07, 6.45) is -0.729. The van der Waals surface area contributed by atoms with Crippen LogP contribution in [0.3, 0.4) is 0 Å². The summed E-state index contributed by atoms with van der Waals surface area (Å²) in [6, 6.07) is 0.886. The minimum Gasteiger partial charge on any atom is -0.458 e. The number of nitrogens with one attached hydrogen (secondary N) is 4. The molecule has 0 unspecified atom stereocenters. The van der Waals surface area contributed by atoms with Crippen molar-refractivity contribution in [2.24, 2.45) is 0 Å². The lowest BCUT2D eigenvalue weighted by Crippen LogP contribution is -2.55. The summed E-state index contributed by atoms with van der Waals surface area (Å²) in [4.78, 5) is 122. The number of rotatable bonds is 25. The number of amides is 7. The number of hydrogen-bond acceptors (Lipinski definition) is 16. The number of likely N-dealkylation sites (N-methyl/N-ethyl adjacent to an activating group) is 1.